The van der Waals surface area contributed by atoms with Gasteiger partial charge in [0.1, 0.15) is 11.5 Å². The molecule has 1 heterocycles. The summed E-state index contributed by atoms with van der Waals surface area (Å²) in [4.78, 5) is 0.165. The molecule has 1 aliphatic heterocycles. The predicted octanol–water partition coefficient (Wildman–Crippen LogP) is 2.49. The molecule has 2 N–H and O–H groups in total. The van der Waals surface area contributed by atoms with Gasteiger partial charge in [0.25, 0.3) is 0 Å². The molecule has 0 spiro atoms. The number of rotatable bonds is 6. The fourth-order valence-electron chi connectivity index (χ4n) is 3.42. The van der Waals surface area contributed by atoms with Crippen molar-refractivity contribution in [3.8, 4) is 11.5 Å². The summed E-state index contributed by atoms with van der Waals surface area (Å²) in [6, 6.07) is 14.6. The lowest BCUT2D eigenvalue weighted by atomic mass is 9.89. The minimum Gasteiger partial charge on any atom is -0.497 e. The van der Waals surface area contributed by atoms with Gasteiger partial charge in [0.15, 0.2) is 0 Å². The molecule has 3 rings (SSSR count). The van der Waals surface area contributed by atoms with E-state index in [0.29, 0.717) is 31.1 Å². The summed E-state index contributed by atoms with van der Waals surface area (Å²) in [6.45, 7) is 1.25. The summed E-state index contributed by atoms with van der Waals surface area (Å²) in [5, 5.41) is 0. The maximum atomic E-state index is 13.2. The van der Waals surface area contributed by atoms with Crippen molar-refractivity contribution < 1.29 is 17.9 Å². The number of benzene rings is 2. The molecule has 0 aliphatic carbocycles. The molecule has 0 bridgehead atoms. The predicted molar refractivity (Wildman–Crippen MR) is 107 cm³/mol. The maximum absolute atomic E-state index is 13.2. The second kappa shape index (κ2) is 8.93. The van der Waals surface area contributed by atoms with Gasteiger partial charge in [0.2, 0.25) is 10.0 Å². The van der Waals surface area contributed by atoms with Crippen LogP contribution in [0.1, 0.15) is 11.5 Å². The highest BCUT2D eigenvalue weighted by Gasteiger charge is 2.39. The lowest BCUT2D eigenvalue weighted by Gasteiger charge is -2.18. The fraction of sp³-hybridized carbons (Fsp3) is 0.368. The molecule has 1 aliphatic rings. The van der Waals surface area contributed by atoms with Crippen LogP contribution in [0.15, 0.2) is 53.4 Å². The Balaban J connectivity index is 0.00000261. The molecule has 6 nitrogen and oxygen atoms in total. The zero-order valence-electron chi connectivity index (χ0n) is 15.4. The molecule has 0 radical (unpaired) electrons. The fourth-order valence-corrected chi connectivity index (χ4v) is 5.00. The third-order valence-electron chi connectivity index (χ3n) is 4.90. The van der Waals surface area contributed by atoms with Crippen LogP contribution in [-0.2, 0) is 10.0 Å². The van der Waals surface area contributed by atoms with Crippen LogP contribution in [0.3, 0.4) is 0 Å². The van der Waals surface area contributed by atoms with Crippen LogP contribution in [0.5, 0.6) is 11.5 Å². The number of ether oxygens (including phenoxy) is 2. The van der Waals surface area contributed by atoms with Crippen molar-refractivity contribution >= 4 is 22.4 Å². The van der Waals surface area contributed by atoms with Crippen LogP contribution >= 0.6 is 12.4 Å². The Labute approximate surface area is 166 Å². The van der Waals surface area contributed by atoms with E-state index in [-0.39, 0.29) is 29.1 Å². The first-order chi connectivity index (χ1) is 12.5. The zero-order chi connectivity index (χ0) is 18.7. The van der Waals surface area contributed by atoms with Gasteiger partial charge in [-0.05, 0) is 18.0 Å². The van der Waals surface area contributed by atoms with Gasteiger partial charge in [0.05, 0.1) is 19.1 Å². The van der Waals surface area contributed by atoms with Crippen molar-refractivity contribution in [2.24, 2.45) is 11.7 Å². The number of hydrogen-bond acceptors (Lipinski definition) is 5. The van der Waals surface area contributed by atoms with E-state index >= 15 is 0 Å². The molecule has 148 valence electrons. The van der Waals surface area contributed by atoms with E-state index in [1.54, 1.807) is 6.07 Å². The number of methoxy groups -OCH3 is 2. The maximum Gasteiger partial charge on any atom is 0.243 e. The lowest BCUT2D eigenvalue weighted by Crippen LogP contribution is -2.30. The summed E-state index contributed by atoms with van der Waals surface area (Å²) < 4.78 is 38.3. The third-order valence-corrected chi connectivity index (χ3v) is 6.71. The number of nitrogens with zero attached hydrogens (tertiary/aromatic N) is 1. The molecule has 27 heavy (non-hydrogen) atoms. The molecule has 2 atom stereocenters. The van der Waals surface area contributed by atoms with Crippen molar-refractivity contribution in [2.75, 3.05) is 33.9 Å². The Hall–Kier alpha value is -1.80. The van der Waals surface area contributed by atoms with Gasteiger partial charge in [-0.25, -0.2) is 8.42 Å². The highest BCUT2D eigenvalue weighted by molar-refractivity contribution is 7.89. The number of halogens is 1. The Bertz CT molecular complexity index is 839. The van der Waals surface area contributed by atoms with Crippen molar-refractivity contribution in [2.45, 2.75) is 10.8 Å². The molecule has 1 saturated heterocycles. The largest absolute Gasteiger partial charge is 0.497 e. The summed E-state index contributed by atoms with van der Waals surface area (Å²) in [7, 11) is -0.676. The Morgan fingerprint density at radius 1 is 1.04 bits per heavy atom. The normalized spacial score (nSPS) is 20.1. The van der Waals surface area contributed by atoms with Crippen LogP contribution in [0, 0.1) is 5.92 Å². The number of sulfonamides is 1. The van der Waals surface area contributed by atoms with Crippen molar-refractivity contribution in [1.29, 1.82) is 0 Å². The van der Waals surface area contributed by atoms with E-state index < -0.39 is 10.0 Å². The quantitative estimate of drug-likeness (QED) is 0.788. The van der Waals surface area contributed by atoms with E-state index in [9.17, 15) is 8.42 Å². The molecule has 8 heteroatoms. The van der Waals surface area contributed by atoms with Crippen molar-refractivity contribution in [3.05, 3.63) is 54.1 Å². The monoisotopic (exact) mass is 412 g/mol. The van der Waals surface area contributed by atoms with Crippen LogP contribution in [-0.4, -0.2) is 46.6 Å². The van der Waals surface area contributed by atoms with E-state index in [1.165, 1.54) is 30.7 Å². The van der Waals surface area contributed by atoms with Crippen LogP contribution in [0.4, 0.5) is 0 Å². The Kier molecular flexibility index (Phi) is 7.11. The third kappa shape index (κ3) is 4.38. The summed E-state index contributed by atoms with van der Waals surface area (Å²) >= 11 is 0. The van der Waals surface area contributed by atoms with Crippen LogP contribution < -0.4 is 15.2 Å². The number of hydrogen-bond donors (Lipinski definition) is 1. The first-order valence-electron chi connectivity index (χ1n) is 8.47. The molecule has 0 saturated carbocycles. The summed E-state index contributed by atoms with van der Waals surface area (Å²) in [5.74, 6) is 1.05. The molecule has 2 aromatic carbocycles. The second-order valence-corrected chi connectivity index (χ2v) is 8.32. The van der Waals surface area contributed by atoms with Crippen molar-refractivity contribution in [1.82, 2.24) is 4.31 Å². The molecule has 0 unspecified atom stereocenters. The van der Waals surface area contributed by atoms with Crippen LogP contribution in [0.25, 0.3) is 0 Å². The first kappa shape index (κ1) is 21.5. The topological polar surface area (TPSA) is 81.9 Å². The van der Waals surface area contributed by atoms with Gasteiger partial charge in [-0.2, -0.15) is 4.31 Å². The molecular formula is C19H25ClN2O4S. The number of nitrogens with two attached hydrogens (primary N) is 1. The minimum absolute atomic E-state index is 0. The van der Waals surface area contributed by atoms with E-state index in [1.807, 2.05) is 30.3 Å². The van der Waals surface area contributed by atoms with Gasteiger partial charge in [-0.15, -0.1) is 12.4 Å². The molecule has 0 aromatic heterocycles. The van der Waals surface area contributed by atoms with E-state index in [2.05, 4.69) is 0 Å². The van der Waals surface area contributed by atoms with Crippen molar-refractivity contribution in [3.63, 3.8) is 0 Å². The average molecular weight is 413 g/mol. The standard InChI is InChI=1S/C19H24N2O4S.ClH/c1-24-16-8-17(25-2)10-18(9-16)26(22,23)21-12-15(11-20)19(13-21)14-6-4-3-5-7-14;/h3-10,15,19H,11-13,20H2,1-2H3;1H/t15-,19+;/m1./s1. The van der Waals surface area contributed by atoms with Gasteiger partial charge in [-0.3, -0.25) is 0 Å². The van der Waals surface area contributed by atoms with E-state index in [4.69, 9.17) is 15.2 Å². The lowest BCUT2D eigenvalue weighted by molar-refractivity contribution is 0.391. The van der Waals surface area contributed by atoms with Crippen LogP contribution in [0.2, 0.25) is 0 Å². The highest BCUT2D eigenvalue weighted by Crippen LogP contribution is 2.36. The smallest absolute Gasteiger partial charge is 0.243 e. The van der Waals surface area contributed by atoms with E-state index in [0.717, 1.165) is 5.56 Å². The highest BCUT2D eigenvalue weighted by atomic mass is 35.5. The Morgan fingerprint density at radius 3 is 2.15 bits per heavy atom. The molecule has 1 fully saturated rings. The molecule has 2 aromatic rings. The average Bonchev–Trinajstić information content (AvgIpc) is 3.13. The Morgan fingerprint density at radius 2 is 1.63 bits per heavy atom. The van der Waals surface area contributed by atoms with Gasteiger partial charge in [0, 0.05) is 37.2 Å². The van der Waals surface area contributed by atoms with Gasteiger partial charge < -0.3 is 15.2 Å². The second-order valence-electron chi connectivity index (χ2n) is 6.38. The molecule has 0 amide bonds. The molecular weight excluding hydrogens is 388 g/mol. The first-order valence-corrected chi connectivity index (χ1v) is 9.92. The summed E-state index contributed by atoms with van der Waals surface area (Å²) in [6.07, 6.45) is 0. The van der Waals surface area contributed by atoms with Gasteiger partial charge in [-0.1, -0.05) is 30.3 Å². The minimum atomic E-state index is -3.67. The summed E-state index contributed by atoms with van der Waals surface area (Å²) in [5.41, 5.74) is 7.05. The zero-order valence-corrected chi connectivity index (χ0v) is 17.0. The SMILES string of the molecule is COc1cc(OC)cc(S(=O)(=O)N2C[C@@H](CN)[C@H](c3ccccc3)C2)c1.Cl. The van der Waals surface area contributed by atoms with Gasteiger partial charge >= 0.3 is 0 Å².